The normalized spacial score (nSPS) is 21.7. The van der Waals surface area contributed by atoms with Gasteiger partial charge < -0.3 is 15.1 Å². The van der Waals surface area contributed by atoms with Crippen LogP contribution in [0.15, 0.2) is 18.3 Å². The maximum Gasteiger partial charge on any atom is 0.318 e. The Bertz CT molecular complexity index is 605. The van der Waals surface area contributed by atoms with Gasteiger partial charge in [0.2, 0.25) is 0 Å². The molecule has 136 valence electrons. The molecular formula is C20H30N4O. The van der Waals surface area contributed by atoms with Crippen LogP contribution in [0.1, 0.15) is 57.4 Å². The molecule has 25 heavy (non-hydrogen) atoms. The summed E-state index contributed by atoms with van der Waals surface area (Å²) in [5, 5.41) is 3.18. The predicted molar refractivity (Wildman–Crippen MR) is 99.6 cm³/mol. The third kappa shape index (κ3) is 3.91. The number of pyridine rings is 1. The van der Waals surface area contributed by atoms with Crippen LogP contribution in [0.3, 0.4) is 0 Å². The second-order valence-electron chi connectivity index (χ2n) is 7.91. The fourth-order valence-electron chi connectivity index (χ4n) is 4.06. The topological polar surface area (TPSA) is 48.5 Å². The molecule has 0 unspecified atom stereocenters. The highest BCUT2D eigenvalue weighted by Crippen LogP contribution is 2.39. The van der Waals surface area contributed by atoms with Gasteiger partial charge in [0.15, 0.2) is 0 Å². The highest BCUT2D eigenvalue weighted by atomic mass is 16.2. The second-order valence-corrected chi connectivity index (χ2v) is 7.91. The second kappa shape index (κ2) is 7.22. The summed E-state index contributed by atoms with van der Waals surface area (Å²) in [6.45, 7) is 4.94. The van der Waals surface area contributed by atoms with Crippen LogP contribution in [0.25, 0.3) is 0 Å². The first-order valence-corrected chi connectivity index (χ1v) is 9.99. The highest BCUT2D eigenvalue weighted by molar-refractivity contribution is 5.75. The summed E-state index contributed by atoms with van der Waals surface area (Å²) < 4.78 is 0. The average molecular weight is 342 g/mol. The molecule has 2 heterocycles. The molecule has 4 rings (SSSR count). The zero-order valence-electron chi connectivity index (χ0n) is 15.3. The highest BCUT2D eigenvalue weighted by Gasteiger charge is 2.41. The Morgan fingerprint density at radius 1 is 1.28 bits per heavy atom. The lowest BCUT2D eigenvalue weighted by Crippen LogP contribution is -2.47. The summed E-state index contributed by atoms with van der Waals surface area (Å²) in [6.07, 6.45) is 10.5. The van der Waals surface area contributed by atoms with Crippen molar-refractivity contribution in [2.45, 2.75) is 70.5 Å². The molecule has 0 bridgehead atoms. The maximum absolute atomic E-state index is 12.8. The van der Waals surface area contributed by atoms with Gasteiger partial charge >= 0.3 is 6.03 Å². The molecule has 2 aliphatic carbocycles. The molecule has 1 N–H and O–H groups in total. The number of anilines is 1. The molecular weight excluding hydrogens is 312 g/mol. The Morgan fingerprint density at radius 2 is 2.04 bits per heavy atom. The van der Waals surface area contributed by atoms with Crippen molar-refractivity contribution in [1.82, 2.24) is 15.2 Å². The van der Waals surface area contributed by atoms with Gasteiger partial charge in [0.05, 0.1) is 0 Å². The number of nitrogens with zero attached hydrogens (tertiary/aromatic N) is 3. The minimum absolute atomic E-state index is 0.107. The standard InChI is InChI=1S/C20H30N4O/c1-15(16-7-8-16)24(18-9-10-18)20(25)22-14-17-6-5-11-21-19(17)23-12-3-2-4-13-23/h5-6,11,15-16,18H,2-4,7-10,12-14H2,1H3,(H,22,25)/t15-/m0/s1. The minimum Gasteiger partial charge on any atom is -0.356 e. The lowest BCUT2D eigenvalue weighted by Gasteiger charge is -2.31. The molecule has 5 nitrogen and oxygen atoms in total. The first-order chi connectivity index (χ1) is 12.2. The Hall–Kier alpha value is -1.78. The molecule has 2 saturated carbocycles. The van der Waals surface area contributed by atoms with Gasteiger partial charge in [-0.05, 0) is 63.9 Å². The molecule has 1 aromatic rings. The lowest BCUT2D eigenvalue weighted by molar-refractivity contribution is 0.166. The van der Waals surface area contributed by atoms with Gasteiger partial charge in [-0.2, -0.15) is 0 Å². The Morgan fingerprint density at radius 3 is 2.72 bits per heavy atom. The Labute approximate surface area is 150 Å². The third-order valence-electron chi connectivity index (χ3n) is 5.87. The van der Waals surface area contributed by atoms with Crippen molar-refractivity contribution >= 4 is 11.8 Å². The van der Waals surface area contributed by atoms with Crippen molar-refractivity contribution < 1.29 is 4.79 Å². The van der Waals surface area contributed by atoms with Crippen molar-refractivity contribution in [2.75, 3.05) is 18.0 Å². The van der Waals surface area contributed by atoms with Crippen molar-refractivity contribution in [3.8, 4) is 0 Å². The van der Waals surface area contributed by atoms with E-state index in [-0.39, 0.29) is 6.03 Å². The monoisotopic (exact) mass is 342 g/mol. The zero-order chi connectivity index (χ0) is 17.2. The number of carbonyl (C=O) groups excluding carboxylic acids is 1. The molecule has 0 aromatic carbocycles. The van der Waals surface area contributed by atoms with E-state index in [9.17, 15) is 4.79 Å². The maximum atomic E-state index is 12.8. The van der Waals surface area contributed by atoms with Crippen molar-refractivity contribution in [3.63, 3.8) is 0 Å². The van der Waals surface area contributed by atoms with Crippen LogP contribution >= 0.6 is 0 Å². The van der Waals surface area contributed by atoms with E-state index >= 15 is 0 Å². The zero-order valence-corrected chi connectivity index (χ0v) is 15.3. The van der Waals surface area contributed by atoms with Crippen LogP contribution in [0.5, 0.6) is 0 Å². The van der Waals surface area contributed by atoms with Gasteiger partial charge in [-0.1, -0.05) is 6.07 Å². The fourth-order valence-corrected chi connectivity index (χ4v) is 4.06. The van der Waals surface area contributed by atoms with Gasteiger partial charge in [-0.3, -0.25) is 0 Å². The van der Waals surface area contributed by atoms with Crippen LogP contribution in [-0.4, -0.2) is 41.1 Å². The first-order valence-electron chi connectivity index (χ1n) is 9.99. The SMILES string of the molecule is C[C@@H](C1CC1)N(C(=O)NCc1cccnc1N1CCCCC1)C1CC1. The number of rotatable bonds is 6. The molecule has 0 radical (unpaired) electrons. The van der Waals surface area contributed by atoms with E-state index in [0.717, 1.165) is 37.3 Å². The summed E-state index contributed by atoms with van der Waals surface area (Å²) >= 11 is 0. The van der Waals surface area contributed by atoms with E-state index in [1.807, 2.05) is 12.3 Å². The minimum atomic E-state index is 0.107. The smallest absolute Gasteiger partial charge is 0.318 e. The van der Waals surface area contributed by atoms with Crippen LogP contribution < -0.4 is 10.2 Å². The summed E-state index contributed by atoms with van der Waals surface area (Å²) in [5.41, 5.74) is 1.13. The Balaban J connectivity index is 1.41. The van der Waals surface area contributed by atoms with Gasteiger partial charge in [-0.25, -0.2) is 9.78 Å². The molecule has 3 fully saturated rings. The van der Waals surface area contributed by atoms with Gasteiger partial charge in [0.1, 0.15) is 5.82 Å². The van der Waals surface area contributed by atoms with E-state index in [1.165, 1.54) is 32.1 Å². The van der Waals surface area contributed by atoms with Crippen molar-refractivity contribution in [1.29, 1.82) is 0 Å². The molecule has 5 heteroatoms. The molecule has 1 saturated heterocycles. The van der Waals surface area contributed by atoms with E-state index in [2.05, 4.69) is 33.1 Å². The fraction of sp³-hybridized carbons (Fsp3) is 0.700. The Kier molecular flexibility index (Phi) is 4.82. The van der Waals surface area contributed by atoms with Gasteiger partial charge in [0.25, 0.3) is 0 Å². The number of piperidine rings is 1. The largest absolute Gasteiger partial charge is 0.356 e. The van der Waals surface area contributed by atoms with E-state index < -0.39 is 0 Å². The molecule has 1 aliphatic heterocycles. The van der Waals surface area contributed by atoms with E-state index in [0.29, 0.717) is 24.5 Å². The molecule has 1 atom stereocenters. The summed E-state index contributed by atoms with van der Waals surface area (Å²) in [6, 6.07) is 5.02. The number of aromatic nitrogens is 1. The molecule has 3 aliphatic rings. The van der Waals surface area contributed by atoms with E-state index in [4.69, 9.17) is 0 Å². The average Bonchev–Trinajstić information content (AvgIpc) is 3.54. The molecule has 1 aromatic heterocycles. The van der Waals surface area contributed by atoms with Gasteiger partial charge in [-0.15, -0.1) is 0 Å². The summed E-state index contributed by atoms with van der Waals surface area (Å²) in [7, 11) is 0. The predicted octanol–water partition coefficient (Wildman–Crippen LogP) is 3.54. The summed E-state index contributed by atoms with van der Waals surface area (Å²) in [5.74, 6) is 1.77. The number of amides is 2. The van der Waals surface area contributed by atoms with Crippen LogP contribution in [0, 0.1) is 5.92 Å². The van der Waals surface area contributed by atoms with Crippen LogP contribution in [0.4, 0.5) is 10.6 Å². The number of carbonyl (C=O) groups is 1. The quantitative estimate of drug-likeness (QED) is 0.860. The van der Waals surface area contributed by atoms with Crippen molar-refractivity contribution in [3.05, 3.63) is 23.9 Å². The van der Waals surface area contributed by atoms with Gasteiger partial charge in [0, 0.05) is 43.5 Å². The first kappa shape index (κ1) is 16.7. The van der Waals surface area contributed by atoms with Crippen molar-refractivity contribution in [2.24, 2.45) is 5.92 Å². The number of hydrogen-bond acceptors (Lipinski definition) is 3. The number of nitrogens with one attached hydrogen (secondary N) is 1. The van der Waals surface area contributed by atoms with Crippen LogP contribution in [-0.2, 0) is 6.54 Å². The number of urea groups is 1. The third-order valence-corrected chi connectivity index (χ3v) is 5.87. The van der Waals surface area contributed by atoms with Crippen LogP contribution in [0.2, 0.25) is 0 Å². The molecule has 2 amide bonds. The van der Waals surface area contributed by atoms with E-state index in [1.54, 1.807) is 0 Å². The summed E-state index contributed by atoms with van der Waals surface area (Å²) in [4.78, 5) is 21.9. The lowest BCUT2D eigenvalue weighted by atomic mass is 10.1. The number of hydrogen-bond donors (Lipinski definition) is 1. The molecule has 0 spiro atoms.